The van der Waals surface area contributed by atoms with Gasteiger partial charge in [-0.05, 0) is 31.2 Å². The first-order chi connectivity index (χ1) is 7.28. The first kappa shape index (κ1) is 13.0. The van der Waals surface area contributed by atoms with Crippen molar-refractivity contribution >= 4 is 0 Å². The minimum absolute atomic E-state index is 0.440. The van der Waals surface area contributed by atoms with Gasteiger partial charge in [0.2, 0.25) is 0 Å². The van der Waals surface area contributed by atoms with E-state index in [1.165, 1.54) is 25.7 Å². The third kappa shape index (κ3) is 3.46. The predicted octanol–water partition coefficient (Wildman–Crippen LogP) is 2.83. The highest BCUT2D eigenvalue weighted by atomic mass is 16.5. The van der Waals surface area contributed by atoms with E-state index in [9.17, 15) is 0 Å². The summed E-state index contributed by atoms with van der Waals surface area (Å²) in [6.45, 7) is 7.82. The van der Waals surface area contributed by atoms with Crippen molar-refractivity contribution in [3.63, 3.8) is 0 Å². The van der Waals surface area contributed by atoms with Crippen LogP contribution in [0.15, 0.2) is 0 Å². The van der Waals surface area contributed by atoms with Gasteiger partial charge in [0.25, 0.3) is 0 Å². The van der Waals surface area contributed by atoms with Crippen LogP contribution < -0.4 is 5.32 Å². The lowest BCUT2D eigenvalue weighted by Gasteiger charge is -2.33. The predicted molar refractivity (Wildman–Crippen MR) is 65.1 cm³/mol. The first-order valence-corrected chi connectivity index (χ1v) is 6.54. The quantitative estimate of drug-likeness (QED) is 0.669. The van der Waals surface area contributed by atoms with Crippen LogP contribution in [0.4, 0.5) is 0 Å². The number of likely N-dealkylation sites (N-methyl/N-ethyl adjacent to an activating group) is 1. The van der Waals surface area contributed by atoms with Gasteiger partial charge in [-0.1, -0.05) is 33.6 Å². The Kier molecular flexibility index (Phi) is 5.62. The minimum Gasteiger partial charge on any atom is -0.380 e. The lowest BCUT2D eigenvalue weighted by Crippen LogP contribution is -2.47. The van der Waals surface area contributed by atoms with E-state index in [1.807, 2.05) is 7.11 Å². The Morgan fingerprint density at radius 2 is 1.80 bits per heavy atom. The maximum Gasteiger partial charge on any atom is 0.0755 e. The zero-order chi connectivity index (χ0) is 11.3. The van der Waals surface area contributed by atoms with Crippen LogP contribution in [0.25, 0.3) is 0 Å². The van der Waals surface area contributed by atoms with Gasteiger partial charge in [-0.25, -0.2) is 0 Å². The normalized spacial score (nSPS) is 20.6. The molecular formula is C13H27NO. The van der Waals surface area contributed by atoms with Crippen molar-refractivity contribution in [1.82, 2.24) is 5.32 Å². The van der Waals surface area contributed by atoms with E-state index in [0.29, 0.717) is 12.1 Å². The molecule has 0 radical (unpaired) electrons. The lowest BCUT2D eigenvalue weighted by atomic mass is 9.88. The van der Waals surface area contributed by atoms with E-state index in [4.69, 9.17) is 4.74 Å². The summed E-state index contributed by atoms with van der Waals surface area (Å²) in [5, 5.41) is 3.63. The minimum atomic E-state index is 0.440. The molecule has 0 bridgehead atoms. The molecule has 2 heteroatoms. The van der Waals surface area contributed by atoms with E-state index in [0.717, 1.165) is 18.4 Å². The molecular weight excluding hydrogens is 186 g/mol. The van der Waals surface area contributed by atoms with E-state index >= 15 is 0 Å². The maximum atomic E-state index is 5.71. The molecule has 0 aromatic heterocycles. The summed E-state index contributed by atoms with van der Waals surface area (Å²) in [5.41, 5.74) is 0. The van der Waals surface area contributed by atoms with Gasteiger partial charge in [-0.3, -0.25) is 0 Å². The fourth-order valence-corrected chi connectivity index (χ4v) is 2.64. The van der Waals surface area contributed by atoms with Gasteiger partial charge < -0.3 is 10.1 Å². The molecule has 0 heterocycles. The largest absolute Gasteiger partial charge is 0.380 e. The highest BCUT2D eigenvalue weighted by Crippen LogP contribution is 2.37. The molecule has 1 saturated carbocycles. The van der Waals surface area contributed by atoms with E-state index in [-0.39, 0.29) is 0 Å². The highest BCUT2D eigenvalue weighted by Gasteiger charge is 2.38. The van der Waals surface area contributed by atoms with Crippen molar-refractivity contribution in [3.05, 3.63) is 0 Å². The summed E-state index contributed by atoms with van der Waals surface area (Å²) < 4.78 is 5.71. The van der Waals surface area contributed by atoms with Gasteiger partial charge in [-0.2, -0.15) is 0 Å². The third-order valence-corrected chi connectivity index (χ3v) is 3.71. The molecule has 1 rings (SSSR count). The average Bonchev–Trinajstić information content (AvgIpc) is 3.05. The van der Waals surface area contributed by atoms with E-state index in [1.54, 1.807) is 0 Å². The number of nitrogens with one attached hydrogen (secondary N) is 1. The Morgan fingerprint density at radius 3 is 2.13 bits per heavy atom. The van der Waals surface area contributed by atoms with Crippen molar-refractivity contribution in [1.29, 1.82) is 0 Å². The molecule has 15 heavy (non-hydrogen) atoms. The van der Waals surface area contributed by atoms with E-state index in [2.05, 4.69) is 26.1 Å². The molecule has 0 amide bonds. The lowest BCUT2D eigenvalue weighted by molar-refractivity contribution is 0.0301. The zero-order valence-corrected chi connectivity index (χ0v) is 10.8. The molecule has 90 valence electrons. The molecule has 0 aliphatic heterocycles. The Balaban J connectivity index is 2.59. The number of ether oxygens (including phenoxy) is 1. The molecule has 0 saturated heterocycles. The number of hydrogen-bond donors (Lipinski definition) is 1. The summed E-state index contributed by atoms with van der Waals surface area (Å²) in [4.78, 5) is 0. The Labute approximate surface area is 94.8 Å². The molecule has 1 N–H and O–H groups in total. The Hall–Kier alpha value is -0.0800. The SMILES string of the molecule is CCNC(C(CC)CC)C(OC)C1CC1. The monoisotopic (exact) mass is 213 g/mol. The zero-order valence-electron chi connectivity index (χ0n) is 10.8. The fourth-order valence-electron chi connectivity index (χ4n) is 2.64. The number of hydrogen-bond acceptors (Lipinski definition) is 2. The van der Waals surface area contributed by atoms with E-state index < -0.39 is 0 Å². The summed E-state index contributed by atoms with van der Waals surface area (Å²) in [6.07, 6.45) is 5.66. The fraction of sp³-hybridized carbons (Fsp3) is 1.00. The van der Waals surface area contributed by atoms with Crippen LogP contribution in [0.2, 0.25) is 0 Å². The molecule has 2 atom stereocenters. The summed E-state index contributed by atoms with van der Waals surface area (Å²) >= 11 is 0. The van der Waals surface area contributed by atoms with Crippen molar-refractivity contribution in [2.45, 2.75) is 58.6 Å². The number of rotatable bonds is 8. The standard InChI is InChI=1S/C13H27NO/c1-5-10(6-2)12(14-7-3)13(15-4)11-8-9-11/h10-14H,5-9H2,1-4H3. The molecule has 0 aromatic carbocycles. The van der Waals surface area contributed by atoms with Gasteiger partial charge >= 0.3 is 0 Å². The topological polar surface area (TPSA) is 21.3 Å². The summed E-state index contributed by atoms with van der Waals surface area (Å²) in [7, 11) is 1.87. The maximum absolute atomic E-state index is 5.71. The smallest absolute Gasteiger partial charge is 0.0755 e. The van der Waals surface area contributed by atoms with Gasteiger partial charge in [-0.15, -0.1) is 0 Å². The molecule has 2 unspecified atom stereocenters. The van der Waals surface area contributed by atoms with Gasteiger partial charge in [0, 0.05) is 13.2 Å². The molecule has 0 spiro atoms. The Morgan fingerprint density at radius 1 is 1.20 bits per heavy atom. The van der Waals surface area contributed by atoms with Gasteiger partial charge in [0.15, 0.2) is 0 Å². The first-order valence-electron chi connectivity index (χ1n) is 6.54. The molecule has 1 fully saturated rings. The van der Waals surface area contributed by atoms with Gasteiger partial charge in [0.1, 0.15) is 0 Å². The van der Waals surface area contributed by atoms with Crippen LogP contribution >= 0.6 is 0 Å². The van der Waals surface area contributed by atoms with Crippen molar-refractivity contribution in [2.24, 2.45) is 11.8 Å². The summed E-state index contributed by atoms with van der Waals surface area (Å²) in [5.74, 6) is 1.58. The van der Waals surface area contributed by atoms with Crippen LogP contribution in [0, 0.1) is 11.8 Å². The molecule has 1 aliphatic rings. The van der Waals surface area contributed by atoms with Crippen LogP contribution in [-0.4, -0.2) is 25.8 Å². The van der Waals surface area contributed by atoms with Gasteiger partial charge in [0.05, 0.1) is 6.10 Å². The van der Waals surface area contributed by atoms with Crippen LogP contribution in [-0.2, 0) is 4.74 Å². The molecule has 0 aromatic rings. The molecule has 1 aliphatic carbocycles. The second kappa shape index (κ2) is 6.49. The third-order valence-electron chi connectivity index (χ3n) is 3.71. The van der Waals surface area contributed by atoms with Crippen LogP contribution in [0.3, 0.4) is 0 Å². The Bertz CT molecular complexity index is 164. The second-order valence-electron chi connectivity index (χ2n) is 4.70. The highest BCUT2D eigenvalue weighted by molar-refractivity contribution is 4.92. The van der Waals surface area contributed by atoms with Crippen LogP contribution in [0.1, 0.15) is 46.5 Å². The second-order valence-corrected chi connectivity index (χ2v) is 4.70. The average molecular weight is 213 g/mol. The van der Waals surface area contributed by atoms with Crippen LogP contribution in [0.5, 0.6) is 0 Å². The van der Waals surface area contributed by atoms with Crippen molar-refractivity contribution < 1.29 is 4.74 Å². The van der Waals surface area contributed by atoms with Crippen molar-refractivity contribution in [2.75, 3.05) is 13.7 Å². The van der Waals surface area contributed by atoms with Crippen molar-refractivity contribution in [3.8, 4) is 0 Å². The summed E-state index contributed by atoms with van der Waals surface area (Å²) in [6, 6.07) is 0.558. The number of methoxy groups -OCH3 is 1. The molecule has 2 nitrogen and oxygen atoms in total.